The van der Waals surface area contributed by atoms with Crippen molar-refractivity contribution in [1.29, 1.82) is 0 Å². The van der Waals surface area contributed by atoms with Crippen molar-refractivity contribution in [2.45, 2.75) is 59.5 Å². The summed E-state index contributed by atoms with van der Waals surface area (Å²) in [4.78, 5) is 8.28. The molecule has 2 unspecified atom stereocenters. The Bertz CT molecular complexity index is 448. The molecule has 106 valence electrons. The van der Waals surface area contributed by atoms with Gasteiger partial charge in [-0.15, -0.1) is 0 Å². The van der Waals surface area contributed by atoms with E-state index in [0.717, 1.165) is 24.8 Å². The fourth-order valence-corrected chi connectivity index (χ4v) is 3.54. The zero-order valence-corrected chi connectivity index (χ0v) is 13.0. The summed E-state index contributed by atoms with van der Waals surface area (Å²) >= 11 is 6.10. The normalized spacial score (nSPS) is 26.2. The second-order valence-electron chi connectivity index (χ2n) is 6.45. The number of nitrogens with zero attached hydrogens (tertiary/aromatic N) is 2. The van der Waals surface area contributed by atoms with Gasteiger partial charge in [-0.1, -0.05) is 39.3 Å². The highest BCUT2D eigenvalue weighted by molar-refractivity contribution is 6.30. The molecule has 0 N–H and O–H groups in total. The van der Waals surface area contributed by atoms with E-state index in [1.165, 1.54) is 12.7 Å². The fraction of sp³-hybridized carbons (Fsp3) is 0.733. The van der Waals surface area contributed by atoms with Crippen molar-refractivity contribution < 1.29 is 4.74 Å². The second-order valence-corrected chi connectivity index (χ2v) is 6.81. The third kappa shape index (κ3) is 3.59. The van der Waals surface area contributed by atoms with E-state index < -0.39 is 0 Å². The van der Waals surface area contributed by atoms with Crippen LogP contribution in [0.15, 0.2) is 6.33 Å². The second kappa shape index (κ2) is 5.66. The van der Waals surface area contributed by atoms with Gasteiger partial charge in [0.2, 0.25) is 5.88 Å². The Morgan fingerprint density at radius 2 is 2.11 bits per heavy atom. The highest BCUT2D eigenvalue weighted by Crippen LogP contribution is 2.40. The molecule has 0 bridgehead atoms. The van der Waals surface area contributed by atoms with Crippen molar-refractivity contribution in [2.75, 3.05) is 0 Å². The molecule has 19 heavy (non-hydrogen) atoms. The van der Waals surface area contributed by atoms with Gasteiger partial charge in [0.15, 0.2) is 0 Å². The van der Waals surface area contributed by atoms with Crippen molar-refractivity contribution in [2.24, 2.45) is 11.3 Å². The lowest BCUT2D eigenvalue weighted by Crippen LogP contribution is -2.34. The molecule has 0 amide bonds. The molecule has 1 aromatic rings. The van der Waals surface area contributed by atoms with Crippen molar-refractivity contribution in [1.82, 2.24) is 9.97 Å². The predicted molar refractivity (Wildman–Crippen MR) is 77.6 cm³/mol. The maximum Gasteiger partial charge on any atom is 0.221 e. The number of rotatable bonds is 3. The molecule has 4 heteroatoms. The summed E-state index contributed by atoms with van der Waals surface area (Å²) < 4.78 is 6.13. The van der Waals surface area contributed by atoms with Crippen LogP contribution in [0.1, 0.15) is 52.5 Å². The standard InChI is InChI=1S/C15H23ClN2O/c1-5-12-13(16)17-9-18-14(12)19-11-6-10(2)7-15(3,4)8-11/h9-11H,5-8H2,1-4H3. The fourth-order valence-electron chi connectivity index (χ4n) is 3.28. The van der Waals surface area contributed by atoms with Gasteiger partial charge < -0.3 is 4.74 Å². The molecular formula is C15H23ClN2O. The molecule has 1 aliphatic carbocycles. The Hall–Kier alpha value is -0.830. The van der Waals surface area contributed by atoms with E-state index in [9.17, 15) is 0 Å². The third-order valence-electron chi connectivity index (χ3n) is 3.83. The van der Waals surface area contributed by atoms with Crippen molar-refractivity contribution >= 4 is 11.6 Å². The Labute approximate surface area is 120 Å². The summed E-state index contributed by atoms with van der Waals surface area (Å²) in [5.74, 6) is 1.36. The van der Waals surface area contributed by atoms with E-state index in [-0.39, 0.29) is 6.10 Å². The Balaban J connectivity index is 2.15. The zero-order chi connectivity index (χ0) is 14.0. The predicted octanol–water partition coefficient (Wildman–Crippen LogP) is 4.29. The Morgan fingerprint density at radius 1 is 1.37 bits per heavy atom. The molecule has 0 spiro atoms. The van der Waals surface area contributed by atoms with Crippen LogP contribution < -0.4 is 4.74 Å². The molecular weight excluding hydrogens is 260 g/mol. The minimum Gasteiger partial charge on any atom is -0.474 e. The highest BCUT2D eigenvalue weighted by Gasteiger charge is 2.33. The van der Waals surface area contributed by atoms with Gasteiger partial charge in [0.1, 0.15) is 17.6 Å². The van der Waals surface area contributed by atoms with Gasteiger partial charge in [0, 0.05) is 0 Å². The van der Waals surface area contributed by atoms with Gasteiger partial charge in [-0.2, -0.15) is 0 Å². The summed E-state index contributed by atoms with van der Waals surface area (Å²) in [5.41, 5.74) is 1.26. The van der Waals surface area contributed by atoms with Crippen LogP contribution in [-0.2, 0) is 6.42 Å². The maximum absolute atomic E-state index is 6.13. The number of halogens is 1. The summed E-state index contributed by atoms with van der Waals surface area (Å²) in [5, 5.41) is 0.510. The minimum absolute atomic E-state index is 0.231. The molecule has 3 nitrogen and oxygen atoms in total. The van der Waals surface area contributed by atoms with Crippen LogP contribution in [0.3, 0.4) is 0 Å². The van der Waals surface area contributed by atoms with Crippen LogP contribution in [-0.4, -0.2) is 16.1 Å². The molecule has 1 aliphatic rings. The maximum atomic E-state index is 6.13. The quantitative estimate of drug-likeness (QED) is 0.776. The van der Waals surface area contributed by atoms with Crippen LogP contribution in [0, 0.1) is 11.3 Å². The van der Waals surface area contributed by atoms with E-state index in [0.29, 0.717) is 22.4 Å². The van der Waals surface area contributed by atoms with Gasteiger partial charge >= 0.3 is 0 Å². The van der Waals surface area contributed by atoms with Crippen molar-refractivity contribution in [3.63, 3.8) is 0 Å². The van der Waals surface area contributed by atoms with Crippen LogP contribution in [0.2, 0.25) is 5.15 Å². The smallest absolute Gasteiger partial charge is 0.221 e. The lowest BCUT2D eigenvalue weighted by Gasteiger charge is -2.38. The number of hydrogen-bond acceptors (Lipinski definition) is 3. The van der Waals surface area contributed by atoms with Crippen LogP contribution >= 0.6 is 11.6 Å². The average Bonchev–Trinajstić information content (AvgIpc) is 2.26. The van der Waals surface area contributed by atoms with E-state index in [1.54, 1.807) is 0 Å². The Kier molecular flexibility index (Phi) is 4.34. The van der Waals surface area contributed by atoms with Gasteiger partial charge in [-0.05, 0) is 37.0 Å². The average molecular weight is 283 g/mol. The molecule has 1 heterocycles. The number of aromatic nitrogens is 2. The topological polar surface area (TPSA) is 35.0 Å². The first-order valence-corrected chi connectivity index (χ1v) is 7.45. The lowest BCUT2D eigenvalue weighted by atomic mass is 9.71. The summed E-state index contributed by atoms with van der Waals surface area (Å²) in [6.45, 7) is 8.97. The SMILES string of the molecule is CCc1c(Cl)ncnc1OC1CC(C)CC(C)(C)C1. The van der Waals surface area contributed by atoms with E-state index >= 15 is 0 Å². The largest absolute Gasteiger partial charge is 0.474 e. The zero-order valence-electron chi connectivity index (χ0n) is 12.2. The summed E-state index contributed by atoms with van der Waals surface area (Å²) in [6.07, 6.45) is 5.93. The van der Waals surface area contributed by atoms with Crippen molar-refractivity contribution in [3.05, 3.63) is 17.0 Å². The molecule has 0 saturated heterocycles. The molecule has 1 saturated carbocycles. The number of ether oxygens (including phenoxy) is 1. The Morgan fingerprint density at radius 3 is 2.74 bits per heavy atom. The molecule has 2 rings (SSSR count). The van der Waals surface area contributed by atoms with Crippen molar-refractivity contribution in [3.8, 4) is 5.88 Å². The lowest BCUT2D eigenvalue weighted by molar-refractivity contribution is 0.0525. The van der Waals surface area contributed by atoms with E-state index in [1.807, 2.05) is 6.92 Å². The summed E-state index contributed by atoms with van der Waals surface area (Å²) in [7, 11) is 0. The van der Waals surface area contributed by atoms with Gasteiger partial charge in [-0.3, -0.25) is 0 Å². The van der Waals surface area contributed by atoms with E-state index in [4.69, 9.17) is 16.3 Å². The minimum atomic E-state index is 0.231. The van der Waals surface area contributed by atoms with Gasteiger partial charge in [-0.25, -0.2) is 9.97 Å². The first-order valence-electron chi connectivity index (χ1n) is 7.07. The first-order chi connectivity index (χ1) is 8.91. The third-order valence-corrected chi connectivity index (χ3v) is 4.16. The molecule has 1 aromatic heterocycles. The van der Waals surface area contributed by atoms with Crippen LogP contribution in [0.25, 0.3) is 0 Å². The van der Waals surface area contributed by atoms with Gasteiger partial charge in [0.25, 0.3) is 0 Å². The first kappa shape index (κ1) is 14.6. The molecule has 0 aliphatic heterocycles. The monoisotopic (exact) mass is 282 g/mol. The molecule has 1 fully saturated rings. The van der Waals surface area contributed by atoms with Crippen LogP contribution in [0.5, 0.6) is 5.88 Å². The molecule has 2 atom stereocenters. The molecule has 0 aromatic carbocycles. The number of hydrogen-bond donors (Lipinski definition) is 0. The van der Waals surface area contributed by atoms with Crippen LogP contribution in [0.4, 0.5) is 0 Å². The van der Waals surface area contributed by atoms with E-state index in [2.05, 4.69) is 30.7 Å². The highest BCUT2D eigenvalue weighted by atomic mass is 35.5. The summed E-state index contributed by atoms with van der Waals surface area (Å²) in [6, 6.07) is 0. The van der Waals surface area contributed by atoms with Gasteiger partial charge in [0.05, 0.1) is 5.56 Å². The molecule has 0 radical (unpaired) electrons.